The molecule has 4 heterocycles. The van der Waals surface area contributed by atoms with Gasteiger partial charge in [-0.25, -0.2) is 4.98 Å². The van der Waals surface area contributed by atoms with E-state index >= 15 is 0 Å². The molecule has 0 radical (unpaired) electrons. The Labute approximate surface area is 149 Å². The number of likely N-dealkylation sites (tertiary alicyclic amines) is 1. The molecule has 4 rings (SSSR count). The number of amides is 1. The van der Waals surface area contributed by atoms with Crippen LogP contribution in [0.1, 0.15) is 60.6 Å². The lowest BCUT2D eigenvalue weighted by Gasteiger charge is -2.35. The second-order valence-electron chi connectivity index (χ2n) is 6.62. The van der Waals surface area contributed by atoms with E-state index < -0.39 is 0 Å². The summed E-state index contributed by atoms with van der Waals surface area (Å²) in [6.07, 6.45) is 7.60. The normalized spacial score (nSPS) is 17.7. The molecule has 1 amide bonds. The number of carbonyl (C=O) groups excluding carboxylic acids is 1. The minimum Gasteiger partial charge on any atom is -0.361 e. The molecule has 1 aliphatic heterocycles. The quantitative estimate of drug-likeness (QED) is 0.775. The molecule has 1 saturated heterocycles. The average Bonchev–Trinajstić information content (AvgIpc) is 3.31. The SMILES string of the molecule is CCCc1cc(C(=O)N2CCCCC2c2cc(=O)n3ccnc3[nH]2)no1. The number of rotatable bonds is 4. The molecule has 0 bridgehead atoms. The van der Waals surface area contributed by atoms with E-state index in [-0.39, 0.29) is 17.5 Å². The van der Waals surface area contributed by atoms with Gasteiger partial charge in [-0.3, -0.25) is 14.0 Å². The number of nitrogens with zero attached hydrogens (tertiary/aromatic N) is 4. The number of imidazole rings is 1. The van der Waals surface area contributed by atoms with Crippen LogP contribution in [0.5, 0.6) is 0 Å². The Bertz CT molecular complexity index is 986. The Balaban J connectivity index is 1.66. The second-order valence-corrected chi connectivity index (χ2v) is 6.62. The lowest BCUT2D eigenvalue weighted by Crippen LogP contribution is -2.39. The molecule has 0 spiro atoms. The Morgan fingerprint density at radius 2 is 2.27 bits per heavy atom. The molecular weight excluding hydrogens is 334 g/mol. The van der Waals surface area contributed by atoms with Gasteiger partial charge in [0.25, 0.3) is 11.5 Å². The van der Waals surface area contributed by atoms with E-state index in [4.69, 9.17) is 4.52 Å². The maximum atomic E-state index is 13.0. The molecule has 1 aliphatic rings. The van der Waals surface area contributed by atoms with E-state index in [1.54, 1.807) is 29.4 Å². The van der Waals surface area contributed by atoms with Crippen LogP contribution in [-0.4, -0.2) is 36.9 Å². The van der Waals surface area contributed by atoms with Crippen molar-refractivity contribution in [3.05, 3.63) is 52.0 Å². The van der Waals surface area contributed by atoms with Crippen LogP contribution in [-0.2, 0) is 6.42 Å². The number of aromatic amines is 1. The molecule has 3 aromatic heterocycles. The van der Waals surface area contributed by atoms with Gasteiger partial charge in [-0.1, -0.05) is 12.1 Å². The van der Waals surface area contributed by atoms with Gasteiger partial charge in [0.1, 0.15) is 5.76 Å². The number of fused-ring (bicyclic) bond motifs is 1. The minimum absolute atomic E-state index is 0.157. The van der Waals surface area contributed by atoms with Gasteiger partial charge in [-0.2, -0.15) is 0 Å². The van der Waals surface area contributed by atoms with E-state index in [9.17, 15) is 9.59 Å². The fraction of sp³-hybridized carbons (Fsp3) is 0.444. The van der Waals surface area contributed by atoms with Gasteiger partial charge in [0.15, 0.2) is 5.69 Å². The largest absolute Gasteiger partial charge is 0.361 e. The first-order chi connectivity index (χ1) is 12.7. The predicted octanol–water partition coefficient (Wildman–Crippen LogP) is 2.33. The average molecular weight is 355 g/mol. The summed E-state index contributed by atoms with van der Waals surface area (Å²) in [5.74, 6) is 1.04. The summed E-state index contributed by atoms with van der Waals surface area (Å²) < 4.78 is 6.71. The molecule has 1 fully saturated rings. The number of H-pyrrole nitrogens is 1. The highest BCUT2D eigenvalue weighted by Crippen LogP contribution is 2.30. The fourth-order valence-electron chi connectivity index (χ4n) is 3.54. The first-order valence-electron chi connectivity index (χ1n) is 9.00. The highest BCUT2D eigenvalue weighted by Gasteiger charge is 2.31. The van der Waals surface area contributed by atoms with Gasteiger partial charge in [-0.15, -0.1) is 0 Å². The number of carbonyl (C=O) groups is 1. The van der Waals surface area contributed by atoms with Crippen molar-refractivity contribution in [3.63, 3.8) is 0 Å². The monoisotopic (exact) mass is 355 g/mol. The van der Waals surface area contributed by atoms with Crippen LogP contribution < -0.4 is 5.56 Å². The summed E-state index contributed by atoms with van der Waals surface area (Å²) in [5.41, 5.74) is 0.875. The molecule has 26 heavy (non-hydrogen) atoms. The molecule has 1 unspecified atom stereocenters. The summed E-state index contributed by atoms with van der Waals surface area (Å²) in [6.45, 7) is 2.67. The van der Waals surface area contributed by atoms with Crippen molar-refractivity contribution in [1.29, 1.82) is 0 Å². The number of aryl methyl sites for hydroxylation is 1. The molecule has 0 saturated carbocycles. The maximum absolute atomic E-state index is 13.0. The molecule has 8 nitrogen and oxygen atoms in total. The van der Waals surface area contributed by atoms with Crippen molar-refractivity contribution in [1.82, 2.24) is 24.4 Å². The number of hydrogen-bond donors (Lipinski definition) is 1. The first-order valence-corrected chi connectivity index (χ1v) is 9.00. The zero-order valence-corrected chi connectivity index (χ0v) is 14.6. The van der Waals surface area contributed by atoms with Gasteiger partial charge in [-0.05, 0) is 25.7 Å². The van der Waals surface area contributed by atoms with Crippen molar-refractivity contribution < 1.29 is 9.32 Å². The van der Waals surface area contributed by atoms with E-state index in [0.29, 0.717) is 23.7 Å². The second kappa shape index (κ2) is 6.78. The van der Waals surface area contributed by atoms with E-state index in [1.807, 2.05) is 6.92 Å². The van der Waals surface area contributed by atoms with Crippen molar-refractivity contribution in [2.24, 2.45) is 0 Å². The highest BCUT2D eigenvalue weighted by atomic mass is 16.5. The van der Waals surface area contributed by atoms with Crippen molar-refractivity contribution in [2.75, 3.05) is 6.54 Å². The number of nitrogens with one attached hydrogen (secondary N) is 1. The van der Waals surface area contributed by atoms with Crippen LogP contribution in [0, 0.1) is 0 Å². The summed E-state index contributed by atoms with van der Waals surface area (Å²) in [7, 11) is 0. The van der Waals surface area contributed by atoms with Crippen molar-refractivity contribution in [2.45, 2.75) is 45.1 Å². The standard InChI is InChI=1S/C18H21N5O3/c1-2-5-12-10-14(21-26-12)17(25)22-8-4-3-6-15(22)13-11-16(24)23-9-7-19-18(23)20-13/h7,9-11,15H,2-6,8H2,1H3,(H,19,20). The molecule has 136 valence electrons. The van der Waals surface area contributed by atoms with Gasteiger partial charge in [0.2, 0.25) is 5.78 Å². The highest BCUT2D eigenvalue weighted by molar-refractivity contribution is 5.92. The predicted molar refractivity (Wildman–Crippen MR) is 93.9 cm³/mol. The molecule has 3 aromatic rings. The zero-order valence-electron chi connectivity index (χ0n) is 14.6. The Morgan fingerprint density at radius 3 is 3.12 bits per heavy atom. The number of piperidine rings is 1. The smallest absolute Gasteiger partial charge is 0.276 e. The van der Waals surface area contributed by atoms with Crippen molar-refractivity contribution in [3.8, 4) is 0 Å². The van der Waals surface area contributed by atoms with Crippen LogP contribution in [0.3, 0.4) is 0 Å². The lowest BCUT2D eigenvalue weighted by atomic mass is 9.98. The fourth-order valence-corrected chi connectivity index (χ4v) is 3.54. The van der Waals surface area contributed by atoms with Crippen LogP contribution in [0.4, 0.5) is 0 Å². The molecule has 0 aromatic carbocycles. The molecule has 1 N–H and O–H groups in total. The van der Waals surface area contributed by atoms with Crippen LogP contribution in [0.15, 0.2) is 33.8 Å². The first kappa shape index (κ1) is 16.6. The minimum atomic E-state index is -0.197. The van der Waals surface area contributed by atoms with Gasteiger partial charge in [0, 0.05) is 43.2 Å². The Hall–Kier alpha value is -2.90. The zero-order chi connectivity index (χ0) is 18.1. The summed E-state index contributed by atoms with van der Waals surface area (Å²) in [6, 6.07) is 3.07. The van der Waals surface area contributed by atoms with E-state index in [0.717, 1.165) is 37.9 Å². The third kappa shape index (κ3) is 2.91. The summed E-state index contributed by atoms with van der Waals surface area (Å²) in [4.78, 5) is 34.4. The van der Waals surface area contributed by atoms with Crippen LogP contribution >= 0.6 is 0 Å². The van der Waals surface area contributed by atoms with Crippen LogP contribution in [0.2, 0.25) is 0 Å². The van der Waals surface area contributed by atoms with E-state index in [2.05, 4.69) is 15.1 Å². The van der Waals surface area contributed by atoms with Gasteiger partial charge >= 0.3 is 0 Å². The Morgan fingerprint density at radius 1 is 1.38 bits per heavy atom. The Kier molecular flexibility index (Phi) is 4.32. The van der Waals surface area contributed by atoms with Gasteiger partial charge < -0.3 is 14.4 Å². The summed E-state index contributed by atoms with van der Waals surface area (Å²) in [5, 5.41) is 3.94. The molecule has 8 heteroatoms. The van der Waals surface area contributed by atoms with Crippen molar-refractivity contribution >= 4 is 11.7 Å². The molecule has 1 atom stereocenters. The lowest BCUT2D eigenvalue weighted by molar-refractivity contribution is 0.0595. The van der Waals surface area contributed by atoms with Crippen LogP contribution in [0.25, 0.3) is 5.78 Å². The third-order valence-electron chi connectivity index (χ3n) is 4.81. The topological polar surface area (TPSA) is 96.5 Å². The number of aromatic nitrogens is 4. The maximum Gasteiger partial charge on any atom is 0.276 e. The number of hydrogen-bond acceptors (Lipinski definition) is 5. The summed E-state index contributed by atoms with van der Waals surface area (Å²) >= 11 is 0. The molecule has 0 aliphatic carbocycles. The van der Waals surface area contributed by atoms with Gasteiger partial charge in [0.05, 0.1) is 6.04 Å². The molecular formula is C18H21N5O3. The third-order valence-corrected chi connectivity index (χ3v) is 4.81. The van der Waals surface area contributed by atoms with E-state index in [1.165, 1.54) is 4.40 Å².